The van der Waals surface area contributed by atoms with Gasteiger partial charge in [-0.05, 0) is 46.5 Å². The number of ether oxygens (including phenoxy) is 1. The number of benzene rings is 1. The Balaban J connectivity index is 1.65. The van der Waals surface area contributed by atoms with Crippen molar-refractivity contribution in [2.75, 3.05) is 13.2 Å². The predicted molar refractivity (Wildman–Crippen MR) is 83.3 cm³/mol. The highest BCUT2D eigenvalue weighted by atomic mass is 32.1. The first-order chi connectivity index (χ1) is 9.78. The summed E-state index contributed by atoms with van der Waals surface area (Å²) in [6.45, 7) is 3.75. The van der Waals surface area contributed by atoms with Crippen molar-refractivity contribution in [1.29, 1.82) is 0 Å². The van der Waals surface area contributed by atoms with Gasteiger partial charge >= 0.3 is 0 Å². The van der Waals surface area contributed by atoms with Crippen LogP contribution in [-0.2, 0) is 13.0 Å². The van der Waals surface area contributed by atoms with Gasteiger partial charge in [0.25, 0.3) is 0 Å². The fourth-order valence-corrected chi connectivity index (χ4v) is 2.52. The van der Waals surface area contributed by atoms with Gasteiger partial charge in [-0.1, -0.05) is 19.1 Å². The first kappa shape index (κ1) is 15.0. The zero-order valence-electron chi connectivity index (χ0n) is 11.7. The molecular formula is C16H21NO2S. The zero-order valence-corrected chi connectivity index (χ0v) is 12.5. The van der Waals surface area contributed by atoms with Crippen molar-refractivity contribution in [3.05, 3.63) is 52.2 Å². The second kappa shape index (κ2) is 8.04. The monoisotopic (exact) mass is 291 g/mol. The minimum absolute atomic E-state index is 0.308. The molecule has 1 heterocycles. The van der Waals surface area contributed by atoms with Crippen LogP contribution >= 0.6 is 11.3 Å². The summed E-state index contributed by atoms with van der Waals surface area (Å²) in [7, 11) is 0. The number of aryl methyl sites for hydroxylation is 1. The third kappa shape index (κ3) is 4.96. The molecule has 3 nitrogen and oxygen atoms in total. The number of hydrogen-bond donors (Lipinski definition) is 2. The maximum Gasteiger partial charge on any atom is 0.119 e. The molecule has 1 aromatic heterocycles. The zero-order chi connectivity index (χ0) is 14.2. The van der Waals surface area contributed by atoms with Crippen molar-refractivity contribution in [2.45, 2.75) is 26.0 Å². The van der Waals surface area contributed by atoms with Gasteiger partial charge in [-0.25, -0.2) is 0 Å². The Kier molecular flexibility index (Phi) is 6.05. The van der Waals surface area contributed by atoms with Gasteiger partial charge in [0, 0.05) is 13.1 Å². The Hall–Kier alpha value is -1.36. The molecule has 0 spiro atoms. The molecule has 0 saturated heterocycles. The summed E-state index contributed by atoms with van der Waals surface area (Å²) in [5.41, 5.74) is 2.54. The van der Waals surface area contributed by atoms with Crippen LogP contribution in [0, 0.1) is 0 Å². The molecule has 20 heavy (non-hydrogen) atoms. The molecule has 0 fully saturated rings. The van der Waals surface area contributed by atoms with E-state index in [1.165, 1.54) is 11.1 Å². The molecule has 0 amide bonds. The lowest BCUT2D eigenvalue weighted by Crippen LogP contribution is -2.31. The number of rotatable bonds is 8. The molecule has 2 rings (SSSR count). The van der Waals surface area contributed by atoms with E-state index in [1.54, 1.807) is 11.3 Å². The van der Waals surface area contributed by atoms with Crippen molar-refractivity contribution < 1.29 is 9.84 Å². The van der Waals surface area contributed by atoms with Gasteiger partial charge in [0.2, 0.25) is 0 Å². The van der Waals surface area contributed by atoms with Gasteiger partial charge in [0.15, 0.2) is 0 Å². The van der Waals surface area contributed by atoms with Crippen LogP contribution in [0.2, 0.25) is 0 Å². The maximum atomic E-state index is 9.85. The van der Waals surface area contributed by atoms with Crippen molar-refractivity contribution in [3.63, 3.8) is 0 Å². The molecule has 108 valence electrons. The molecule has 2 N–H and O–H groups in total. The van der Waals surface area contributed by atoms with E-state index in [0.717, 1.165) is 18.7 Å². The van der Waals surface area contributed by atoms with E-state index in [4.69, 9.17) is 4.74 Å². The topological polar surface area (TPSA) is 41.5 Å². The summed E-state index contributed by atoms with van der Waals surface area (Å²) in [4.78, 5) is 0. The third-order valence-corrected chi connectivity index (χ3v) is 3.80. The quantitative estimate of drug-likeness (QED) is 0.786. The summed E-state index contributed by atoms with van der Waals surface area (Å²) in [5, 5.41) is 17.2. The average molecular weight is 291 g/mol. The number of nitrogens with one attached hydrogen (secondary N) is 1. The Bertz CT molecular complexity index is 482. The smallest absolute Gasteiger partial charge is 0.119 e. The van der Waals surface area contributed by atoms with Crippen LogP contribution in [0.25, 0.3) is 0 Å². The molecule has 0 saturated carbocycles. The van der Waals surface area contributed by atoms with Crippen LogP contribution < -0.4 is 10.1 Å². The molecule has 0 aliphatic rings. The molecule has 1 unspecified atom stereocenters. The Morgan fingerprint density at radius 3 is 2.65 bits per heavy atom. The molecule has 0 aliphatic heterocycles. The van der Waals surface area contributed by atoms with Crippen molar-refractivity contribution in [1.82, 2.24) is 5.32 Å². The van der Waals surface area contributed by atoms with Crippen LogP contribution in [0.4, 0.5) is 0 Å². The maximum absolute atomic E-state index is 9.85. The lowest BCUT2D eigenvalue weighted by molar-refractivity contribution is 0.106. The molecule has 1 aromatic carbocycles. The van der Waals surface area contributed by atoms with Gasteiger partial charge in [-0.2, -0.15) is 11.3 Å². The summed E-state index contributed by atoms with van der Waals surface area (Å²) in [5.74, 6) is 0.805. The van der Waals surface area contributed by atoms with Gasteiger partial charge in [0.05, 0.1) is 0 Å². The summed E-state index contributed by atoms with van der Waals surface area (Å²) < 4.78 is 5.57. The van der Waals surface area contributed by atoms with Gasteiger partial charge in [-0.15, -0.1) is 0 Å². The van der Waals surface area contributed by atoms with Crippen LogP contribution in [-0.4, -0.2) is 24.4 Å². The number of aliphatic hydroxyl groups is 1. The van der Waals surface area contributed by atoms with E-state index in [-0.39, 0.29) is 0 Å². The van der Waals surface area contributed by atoms with Gasteiger partial charge in [-0.3, -0.25) is 0 Å². The standard InChI is InChI=1S/C16H21NO2S/c1-2-13-3-5-16(6-4-13)19-11-15(18)10-17-9-14-7-8-20-12-14/h3-8,12,15,17-18H,2,9-11H2,1H3. The molecule has 0 radical (unpaired) electrons. The van der Waals surface area contributed by atoms with E-state index < -0.39 is 6.10 Å². The molecule has 2 aromatic rings. The van der Waals surface area contributed by atoms with Gasteiger partial charge < -0.3 is 15.2 Å². The Morgan fingerprint density at radius 2 is 2.00 bits per heavy atom. The van der Waals surface area contributed by atoms with Crippen molar-refractivity contribution in [2.24, 2.45) is 0 Å². The second-order valence-electron chi connectivity index (χ2n) is 4.72. The number of hydrogen-bond acceptors (Lipinski definition) is 4. The van der Waals surface area contributed by atoms with Crippen LogP contribution in [0.15, 0.2) is 41.1 Å². The Labute approximate surface area is 124 Å². The molecule has 1 atom stereocenters. The highest BCUT2D eigenvalue weighted by Crippen LogP contribution is 2.12. The largest absolute Gasteiger partial charge is 0.491 e. The minimum Gasteiger partial charge on any atom is -0.491 e. The van der Waals surface area contributed by atoms with Crippen molar-refractivity contribution in [3.8, 4) is 5.75 Å². The molecular weight excluding hydrogens is 270 g/mol. The first-order valence-electron chi connectivity index (χ1n) is 6.89. The molecule has 0 aliphatic carbocycles. The van der Waals surface area contributed by atoms with E-state index in [0.29, 0.717) is 13.2 Å². The van der Waals surface area contributed by atoms with E-state index in [9.17, 15) is 5.11 Å². The summed E-state index contributed by atoms with van der Waals surface area (Å²) >= 11 is 1.68. The molecule has 4 heteroatoms. The van der Waals surface area contributed by atoms with Crippen LogP contribution in [0.1, 0.15) is 18.1 Å². The first-order valence-corrected chi connectivity index (χ1v) is 7.84. The highest BCUT2D eigenvalue weighted by molar-refractivity contribution is 7.07. The fraction of sp³-hybridized carbons (Fsp3) is 0.375. The van der Waals surface area contributed by atoms with E-state index in [1.807, 2.05) is 12.1 Å². The number of aliphatic hydroxyl groups excluding tert-OH is 1. The SMILES string of the molecule is CCc1ccc(OCC(O)CNCc2ccsc2)cc1. The average Bonchev–Trinajstić information content (AvgIpc) is 2.99. The summed E-state index contributed by atoms with van der Waals surface area (Å²) in [6, 6.07) is 10.1. The van der Waals surface area contributed by atoms with Gasteiger partial charge in [0.1, 0.15) is 18.5 Å². The lowest BCUT2D eigenvalue weighted by Gasteiger charge is -2.13. The Morgan fingerprint density at radius 1 is 1.20 bits per heavy atom. The predicted octanol–water partition coefficient (Wildman–Crippen LogP) is 2.84. The number of thiophene rings is 1. The fourth-order valence-electron chi connectivity index (χ4n) is 1.85. The minimum atomic E-state index is -0.500. The lowest BCUT2D eigenvalue weighted by atomic mass is 10.2. The van der Waals surface area contributed by atoms with E-state index in [2.05, 4.69) is 41.2 Å². The van der Waals surface area contributed by atoms with E-state index >= 15 is 0 Å². The van der Waals surface area contributed by atoms with Crippen LogP contribution in [0.5, 0.6) is 5.75 Å². The van der Waals surface area contributed by atoms with Crippen molar-refractivity contribution >= 4 is 11.3 Å². The third-order valence-electron chi connectivity index (χ3n) is 3.06. The highest BCUT2D eigenvalue weighted by Gasteiger charge is 2.05. The van der Waals surface area contributed by atoms with Crippen LogP contribution in [0.3, 0.4) is 0 Å². The summed E-state index contributed by atoms with van der Waals surface area (Å²) in [6.07, 6.45) is 0.523. The normalized spacial score (nSPS) is 12.3. The second-order valence-corrected chi connectivity index (χ2v) is 5.50. The molecule has 0 bridgehead atoms.